The topological polar surface area (TPSA) is 54.3 Å². The van der Waals surface area contributed by atoms with Crippen LogP contribution >= 0.6 is 0 Å². The number of rotatable bonds is 3. The van der Waals surface area contributed by atoms with E-state index in [0.29, 0.717) is 25.9 Å². The predicted molar refractivity (Wildman–Crippen MR) is 59.9 cm³/mol. The van der Waals surface area contributed by atoms with E-state index in [0.717, 1.165) is 19.4 Å². The van der Waals surface area contributed by atoms with Crippen molar-refractivity contribution >= 4 is 0 Å². The van der Waals surface area contributed by atoms with E-state index in [1.54, 1.807) is 0 Å². The Morgan fingerprint density at radius 1 is 1.25 bits per heavy atom. The largest absolute Gasteiger partial charge is 0.376 e. The zero-order valence-electron chi connectivity index (χ0n) is 9.65. The molecular formula is C12H20N2O2. The van der Waals surface area contributed by atoms with Gasteiger partial charge in [0.1, 0.15) is 0 Å². The lowest BCUT2D eigenvalue weighted by Crippen LogP contribution is -2.45. The fourth-order valence-electron chi connectivity index (χ4n) is 2.47. The van der Waals surface area contributed by atoms with E-state index >= 15 is 0 Å². The summed E-state index contributed by atoms with van der Waals surface area (Å²) in [6, 6.07) is 2.76. The van der Waals surface area contributed by atoms with Gasteiger partial charge in [-0.05, 0) is 12.8 Å². The van der Waals surface area contributed by atoms with Gasteiger partial charge in [-0.15, -0.1) is 0 Å². The molecule has 2 rings (SSSR count). The van der Waals surface area contributed by atoms with Gasteiger partial charge in [-0.1, -0.05) is 12.8 Å². The number of hydrogen-bond donors (Lipinski definition) is 1. The van der Waals surface area contributed by atoms with Crippen LogP contribution in [0, 0.1) is 17.2 Å². The highest BCUT2D eigenvalue weighted by molar-refractivity contribution is 4.94. The van der Waals surface area contributed by atoms with E-state index in [9.17, 15) is 0 Å². The number of ether oxygens (including phenoxy) is 2. The molecule has 1 saturated carbocycles. The average Bonchev–Trinajstić information content (AvgIpc) is 2.38. The molecule has 0 bridgehead atoms. The minimum absolute atomic E-state index is 0.162. The van der Waals surface area contributed by atoms with Crippen molar-refractivity contribution in [3.63, 3.8) is 0 Å². The van der Waals surface area contributed by atoms with Crippen LogP contribution < -0.4 is 5.32 Å². The molecule has 1 aliphatic carbocycles. The summed E-state index contributed by atoms with van der Waals surface area (Å²) >= 11 is 0. The summed E-state index contributed by atoms with van der Waals surface area (Å²) in [4.78, 5) is 0. The van der Waals surface area contributed by atoms with Gasteiger partial charge in [0.2, 0.25) is 0 Å². The number of nitrogens with one attached hydrogen (secondary N) is 1. The molecule has 4 heteroatoms. The van der Waals surface area contributed by atoms with Crippen molar-refractivity contribution in [3.05, 3.63) is 0 Å². The molecule has 0 aromatic carbocycles. The van der Waals surface area contributed by atoms with Crippen LogP contribution in [0.15, 0.2) is 0 Å². The zero-order chi connectivity index (χ0) is 11.2. The third-order valence-corrected chi connectivity index (χ3v) is 3.42. The molecular weight excluding hydrogens is 204 g/mol. The summed E-state index contributed by atoms with van der Waals surface area (Å²) in [5.41, 5.74) is 0. The highest BCUT2D eigenvalue weighted by Gasteiger charge is 2.25. The second-order valence-electron chi connectivity index (χ2n) is 4.60. The van der Waals surface area contributed by atoms with E-state index in [4.69, 9.17) is 14.7 Å². The predicted octanol–water partition coefficient (Wildman–Crippen LogP) is 1.07. The fraction of sp³-hybridized carbons (Fsp3) is 0.917. The molecule has 2 fully saturated rings. The number of hydrogen-bond acceptors (Lipinski definition) is 4. The first-order valence-corrected chi connectivity index (χ1v) is 6.22. The molecule has 3 unspecified atom stereocenters. The van der Waals surface area contributed by atoms with Crippen LogP contribution in [-0.2, 0) is 9.47 Å². The monoisotopic (exact) mass is 224 g/mol. The van der Waals surface area contributed by atoms with Gasteiger partial charge in [-0.25, -0.2) is 0 Å². The maximum absolute atomic E-state index is 9.05. The van der Waals surface area contributed by atoms with Gasteiger partial charge in [-0.3, -0.25) is 0 Å². The molecule has 3 atom stereocenters. The highest BCUT2D eigenvalue weighted by atomic mass is 16.6. The molecule has 0 spiro atoms. The van der Waals surface area contributed by atoms with Crippen molar-refractivity contribution < 1.29 is 9.47 Å². The van der Waals surface area contributed by atoms with Gasteiger partial charge >= 0.3 is 0 Å². The van der Waals surface area contributed by atoms with Gasteiger partial charge in [0.05, 0.1) is 37.9 Å². The number of nitrogens with zero attached hydrogens (tertiary/aromatic N) is 1. The van der Waals surface area contributed by atoms with Crippen LogP contribution in [0.3, 0.4) is 0 Å². The molecule has 1 heterocycles. The van der Waals surface area contributed by atoms with Crippen molar-refractivity contribution in [2.45, 2.75) is 37.8 Å². The Morgan fingerprint density at radius 2 is 2.12 bits per heavy atom. The van der Waals surface area contributed by atoms with E-state index in [-0.39, 0.29) is 12.0 Å². The van der Waals surface area contributed by atoms with Crippen LogP contribution in [0.25, 0.3) is 0 Å². The lowest BCUT2D eigenvalue weighted by atomic mass is 9.85. The lowest BCUT2D eigenvalue weighted by Gasteiger charge is -2.30. The maximum atomic E-state index is 9.05. The fourth-order valence-corrected chi connectivity index (χ4v) is 2.47. The standard InChI is InChI=1S/C12H20N2O2/c13-7-10-3-1-2-4-12(10)14-8-11-9-15-5-6-16-11/h10-12,14H,1-6,8-9H2. The van der Waals surface area contributed by atoms with Crippen molar-refractivity contribution in [2.75, 3.05) is 26.4 Å². The van der Waals surface area contributed by atoms with Crippen LogP contribution in [0.4, 0.5) is 0 Å². The Kier molecular flexibility index (Phi) is 4.58. The normalized spacial score (nSPS) is 35.6. The second-order valence-corrected chi connectivity index (χ2v) is 4.60. The Labute approximate surface area is 96.9 Å². The molecule has 2 aliphatic rings. The highest BCUT2D eigenvalue weighted by Crippen LogP contribution is 2.23. The first kappa shape index (κ1) is 11.8. The van der Waals surface area contributed by atoms with Gasteiger partial charge in [0.15, 0.2) is 0 Å². The van der Waals surface area contributed by atoms with Crippen molar-refractivity contribution in [1.29, 1.82) is 5.26 Å². The van der Waals surface area contributed by atoms with E-state index in [2.05, 4.69) is 11.4 Å². The molecule has 0 aromatic rings. The minimum Gasteiger partial charge on any atom is -0.376 e. The summed E-state index contributed by atoms with van der Waals surface area (Å²) in [5.74, 6) is 0.179. The molecule has 0 amide bonds. The van der Waals surface area contributed by atoms with E-state index in [1.165, 1.54) is 12.8 Å². The Morgan fingerprint density at radius 3 is 2.88 bits per heavy atom. The summed E-state index contributed by atoms with van der Waals surface area (Å²) in [6.07, 6.45) is 4.74. The SMILES string of the molecule is N#CC1CCCCC1NCC1COCCO1. The summed E-state index contributed by atoms with van der Waals surface area (Å²) in [5, 5.41) is 12.5. The quantitative estimate of drug-likeness (QED) is 0.779. The van der Waals surface area contributed by atoms with Crippen LogP contribution in [0.2, 0.25) is 0 Å². The third-order valence-electron chi connectivity index (χ3n) is 3.42. The lowest BCUT2D eigenvalue weighted by molar-refractivity contribution is -0.0875. The molecule has 0 radical (unpaired) electrons. The van der Waals surface area contributed by atoms with E-state index < -0.39 is 0 Å². The molecule has 0 aromatic heterocycles. The zero-order valence-corrected chi connectivity index (χ0v) is 9.65. The van der Waals surface area contributed by atoms with Crippen molar-refractivity contribution in [2.24, 2.45) is 5.92 Å². The first-order chi connectivity index (χ1) is 7.90. The summed E-state index contributed by atoms with van der Waals surface area (Å²) < 4.78 is 10.9. The molecule has 4 nitrogen and oxygen atoms in total. The molecule has 1 saturated heterocycles. The minimum atomic E-state index is 0.162. The van der Waals surface area contributed by atoms with Gasteiger partial charge < -0.3 is 14.8 Å². The maximum Gasteiger partial charge on any atom is 0.0933 e. The Bertz CT molecular complexity index is 246. The van der Waals surface area contributed by atoms with Gasteiger partial charge in [0.25, 0.3) is 0 Å². The van der Waals surface area contributed by atoms with Crippen molar-refractivity contribution in [1.82, 2.24) is 5.32 Å². The van der Waals surface area contributed by atoms with Gasteiger partial charge in [0, 0.05) is 12.6 Å². The molecule has 1 aliphatic heterocycles. The summed E-state index contributed by atoms with van der Waals surface area (Å²) in [6.45, 7) is 2.89. The van der Waals surface area contributed by atoms with Gasteiger partial charge in [-0.2, -0.15) is 5.26 Å². The first-order valence-electron chi connectivity index (χ1n) is 6.22. The van der Waals surface area contributed by atoms with Crippen molar-refractivity contribution in [3.8, 4) is 6.07 Å². The molecule has 16 heavy (non-hydrogen) atoms. The third kappa shape index (κ3) is 3.18. The average molecular weight is 224 g/mol. The summed E-state index contributed by atoms with van der Waals surface area (Å²) in [7, 11) is 0. The van der Waals surface area contributed by atoms with Crippen LogP contribution in [0.5, 0.6) is 0 Å². The smallest absolute Gasteiger partial charge is 0.0933 e. The second kappa shape index (κ2) is 6.19. The van der Waals surface area contributed by atoms with E-state index in [1.807, 2.05) is 0 Å². The molecule has 90 valence electrons. The van der Waals surface area contributed by atoms with Crippen LogP contribution in [-0.4, -0.2) is 38.5 Å². The number of nitriles is 1. The van der Waals surface area contributed by atoms with Crippen LogP contribution in [0.1, 0.15) is 25.7 Å². The Hall–Kier alpha value is -0.630. The Balaban J connectivity index is 1.73. The molecule has 1 N–H and O–H groups in total.